The van der Waals surface area contributed by atoms with Crippen LogP contribution in [0.4, 0.5) is 5.69 Å². The molecule has 0 heterocycles. The Bertz CT molecular complexity index is 1190. The van der Waals surface area contributed by atoms with Crippen molar-refractivity contribution >= 4 is 33.2 Å². The van der Waals surface area contributed by atoms with Crippen molar-refractivity contribution in [1.29, 1.82) is 0 Å². The number of hydrogen-bond donors (Lipinski definition) is 1. The molecule has 3 rings (SSSR count). The van der Waals surface area contributed by atoms with E-state index in [1.54, 1.807) is 48.5 Å². The number of anilines is 1. The Hall–Kier alpha value is -3.07. The number of sulfonamides is 1. The SMILES string of the molecule is COc1ccccc1NC(=O)CN(Cc1ccccc1)S(=O)(=O)c1cc(Cl)ccc1OC. The number of rotatable bonds is 9. The maximum atomic E-state index is 13.6. The predicted octanol–water partition coefficient (Wildman–Crippen LogP) is 4.19. The van der Waals surface area contributed by atoms with Gasteiger partial charge in [-0.05, 0) is 35.9 Å². The highest BCUT2D eigenvalue weighted by Crippen LogP contribution is 2.30. The van der Waals surface area contributed by atoms with Gasteiger partial charge in [-0.25, -0.2) is 8.42 Å². The molecule has 0 fully saturated rings. The number of nitrogens with one attached hydrogen (secondary N) is 1. The van der Waals surface area contributed by atoms with Gasteiger partial charge in [-0.1, -0.05) is 54.1 Å². The summed E-state index contributed by atoms with van der Waals surface area (Å²) in [6.45, 7) is -0.441. The summed E-state index contributed by atoms with van der Waals surface area (Å²) in [5.74, 6) is 0.0856. The van der Waals surface area contributed by atoms with Crippen LogP contribution in [-0.2, 0) is 21.4 Å². The summed E-state index contributed by atoms with van der Waals surface area (Å²) in [6.07, 6.45) is 0. The van der Waals surface area contributed by atoms with E-state index in [-0.39, 0.29) is 22.2 Å². The zero-order valence-electron chi connectivity index (χ0n) is 17.6. The lowest BCUT2D eigenvalue weighted by Crippen LogP contribution is -2.37. The van der Waals surface area contributed by atoms with E-state index in [1.165, 1.54) is 32.4 Å². The van der Waals surface area contributed by atoms with Crippen molar-refractivity contribution in [3.05, 3.63) is 83.4 Å². The fraction of sp³-hybridized carbons (Fsp3) is 0.174. The van der Waals surface area contributed by atoms with Crippen LogP contribution >= 0.6 is 11.6 Å². The number of carbonyl (C=O) groups is 1. The van der Waals surface area contributed by atoms with E-state index in [1.807, 2.05) is 6.07 Å². The van der Waals surface area contributed by atoms with Gasteiger partial charge in [-0.2, -0.15) is 4.31 Å². The molecular formula is C23H23ClN2O5S. The van der Waals surface area contributed by atoms with Crippen LogP contribution in [-0.4, -0.2) is 39.4 Å². The molecule has 3 aromatic rings. The molecule has 0 aliphatic carbocycles. The molecule has 0 aliphatic heterocycles. The first-order valence-electron chi connectivity index (χ1n) is 9.65. The van der Waals surface area contributed by atoms with Crippen molar-refractivity contribution < 1.29 is 22.7 Å². The average molecular weight is 475 g/mol. The number of methoxy groups -OCH3 is 2. The molecule has 9 heteroatoms. The molecule has 7 nitrogen and oxygen atoms in total. The van der Waals surface area contributed by atoms with Gasteiger partial charge in [0, 0.05) is 11.6 Å². The molecular weight excluding hydrogens is 452 g/mol. The van der Waals surface area contributed by atoms with Crippen molar-refractivity contribution in [1.82, 2.24) is 4.31 Å². The third kappa shape index (κ3) is 5.59. The van der Waals surface area contributed by atoms with Crippen LogP contribution in [0.25, 0.3) is 0 Å². The highest BCUT2D eigenvalue weighted by Gasteiger charge is 2.30. The first-order chi connectivity index (χ1) is 15.3. The minimum absolute atomic E-state index is 0.0157. The number of amides is 1. The summed E-state index contributed by atoms with van der Waals surface area (Å²) in [4.78, 5) is 12.7. The monoisotopic (exact) mass is 474 g/mol. The van der Waals surface area contributed by atoms with Crippen LogP contribution in [0.1, 0.15) is 5.56 Å². The topological polar surface area (TPSA) is 84.9 Å². The van der Waals surface area contributed by atoms with Gasteiger partial charge in [0.1, 0.15) is 16.4 Å². The van der Waals surface area contributed by atoms with Gasteiger partial charge in [0.25, 0.3) is 0 Å². The van der Waals surface area contributed by atoms with Crippen molar-refractivity contribution in [2.24, 2.45) is 0 Å². The quantitative estimate of drug-likeness (QED) is 0.502. The van der Waals surface area contributed by atoms with Gasteiger partial charge in [-0.3, -0.25) is 4.79 Å². The molecule has 32 heavy (non-hydrogen) atoms. The molecule has 0 aromatic heterocycles. The third-order valence-corrected chi connectivity index (χ3v) is 6.69. The minimum atomic E-state index is -4.14. The normalized spacial score (nSPS) is 11.2. The summed E-state index contributed by atoms with van der Waals surface area (Å²) in [6, 6.07) is 20.2. The molecule has 0 saturated heterocycles. The first kappa shape index (κ1) is 23.6. The Kier molecular flexibility index (Phi) is 7.74. The molecule has 1 N–H and O–H groups in total. The van der Waals surface area contributed by atoms with E-state index in [2.05, 4.69) is 5.32 Å². The largest absolute Gasteiger partial charge is 0.495 e. The van der Waals surface area contributed by atoms with Gasteiger partial charge in [0.2, 0.25) is 15.9 Å². The number of ether oxygens (including phenoxy) is 2. The molecule has 0 saturated carbocycles. The Morgan fingerprint density at radius 2 is 1.59 bits per heavy atom. The van der Waals surface area contributed by atoms with Gasteiger partial charge in [0.05, 0.1) is 26.5 Å². The number of carbonyl (C=O) groups excluding carboxylic acids is 1. The van der Waals surface area contributed by atoms with Crippen LogP contribution < -0.4 is 14.8 Å². The van der Waals surface area contributed by atoms with E-state index >= 15 is 0 Å². The maximum absolute atomic E-state index is 13.6. The Balaban J connectivity index is 1.95. The molecule has 0 atom stereocenters. The fourth-order valence-electron chi connectivity index (χ4n) is 3.10. The highest BCUT2D eigenvalue weighted by atomic mass is 35.5. The minimum Gasteiger partial charge on any atom is -0.495 e. The van der Waals surface area contributed by atoms with Gasteiger partial charge < -0.3 is 14.8 Å². The standard InChI is InChI=1S/C23H23ClN2O5S/c1-30-20-11-7-6-10-19(20)25-23(27)16-26(15-17-8-4-3-5-9-17)32(28,29)22-14-18(24)12-13-21(22)31-2/h3-14H,15-16H2,1-2H3,(H,25,27). The molecule has 0 radical (unpaired) electrons. The summed E-state index contributed by atoms with van der Waals surface area (Å²) in [5, 5.41) is 2.95. The van der Waals surface area contributed by atoms with Crippen LogP contribution in [0.15, 0.2) is 77.7 Å². The zero-order valence-corrected chi connectivity index (χ0v) is 19.2. The third-order valence-electron chi connectivity index (χ3n) is 4.65. The lowest BCUT2D eigenvalue weighted by Gasteiger charge is -2.23. The van der Waals surface area contributed by atoms with Crippen molar-refractivity contribution in [2.75, 3.05) is 26.1 Å². The summed E-state index contributed by atoms with van der Waals surface area (Å²) < 4.78 is 38.7. The van der Waals surface area contributed by atoms with E-state index in [0.717, 1.165) is 9.87 Å². The molecule has 0 unspecified atom stereocenters. The molecule has 0 aliphatic rings. The number of para-hydroxylation sites is 2. The zero-order chi connectivity index (χ0) is 23.1. The Labute approximate surface area is 192 Å². The van der Waals surface area contributed by atoms with Crippen LogP contribution in [0.2, 0.25) is 5.02 Å². The second-order valence-electron chi connectivity index (χ2n) is 6.80. The average Bonchev–Trinajstić information content (AvgIpc) is 2.79. The predicted molar refractivity (Wildman–Crippen MR) is 124 cm³/mol. The lowest BCUT2D eigenvalue weighted by atomic mass is 10.2. The number of hydrogen-bond acceptors (Lipinski definition) is 5. The number of nitrogens with zero attached hydrogens (tertiary/aromatic N) is 1. The van der Waals surface area contributed by atoms with E-state index in [4.69, 9.17) is 21.1 Å². The lowest BCUT2D eigenvalue weighted by molar-refractivity contribution is -0.116. The number of benzene rings is 3. The van der Waals surface area contributed by atoms with Crippen LogP contribution in [0, 0.1) is 0 Å². The van der Waals surface area contributed by atoms with Gasteiger partial charge in [-0.15, -0.1) is 0 Å². The van der Waals surface area contributed by atoms with Gasteiger partial charge >= 0.3 is 0 Å². The second kappa shape index (κ2) is 10.5. The van der Waals surface area contributed by atoms with Crippen molar-refractivity contribution in [3.8, 4) is 11.5 Å². The molecule has 3 aromatic carbocycles. The van der Waals surface area contributed by atoms with Gasteiger partial charge in [0.15, 0.2) is 0 Å². The maximum Gasteiger partial charge on any atom is 0.247 e. The summed E-state index contributed by atoms with van der Waals surface area (Å²) >= 11 is 6.06. The highest BCUT2D eigenvalue weighted by molar-refractivity contribution is 7.89. The molecule has 1 amide bonds. The summed E-state index contributed by atoms with van der Waals surface area (Å²) in [5.41, 5.74) is 1.17. The second-order valence-corrected chi connectivity index (χ2v) is 9.15. The first-order valence-corrected chi connectivity index (χ1v) is 11.5. The Morgan fingerprint density at radius 3 is 2.28 bits per heavy atom. The molecule has 0 bridgehead atoms. The van der Waals surface area contributed by atoms with E-state index in [0.29, 0.717) is 11.4 Å². The van der Waals surface area contributed by atoms with E-state index in [9.17, 15) is 13.2 Å². The van der Waals surface area contributed by atoms with E-state index < -0.39 is 22.5 Å². The number of halogens is 1. The Morgan fingerprint density at radius 1 is 0.938 bits per heavy atom. The summed E-state index contributed by atoms with van der Waals surface area (Å²) in [7, 11) is -1.27. The molecule has 0 spiro atoms. The van der Waals surface area contributed by atoms with Crippen LogP contribution in [0.5, 0.6) is 11.5 Å². The fourth-order valence-corrected chi connectivity index (χ4v) is 4.90. The van der Waals surface area contributed by atoms with Crippen molar-refractivity contribution in [2.45, 2.75) is 11.4 Å². The van der Waals surface area contributed by atoms with Crippen molar-refractivity contribution in [3.63, 3.8) is 0 Å². The molecule has 168 valence electrons. The van der Waals surface area contributed by atoms with Crippen LogP contribution in [0.3, 0.4) is 0 Å². The smallest absolute Gasteiger partial charge is 0.247 e.